The van der Waals surface area contributed by atoms with Gasteiger partial charge in [-0.25, -0.2) is 0 Å². The van der Waals surface area contributed by atoms with Gasteiger partial charge in [0.1, 0.15) is 6.54 Å². The van der Waals surface area contributed by atoms with Gasteiger partial charge in [0.05, 0.1) is 11.2 Å². The summed E-state index contributed by atoms with van der Waals surface area (Å²) in [7, 11) is -0.562. The summed E-state index contributed by atoms with van der Waals surface area (Å²) in [4.78, 5) is 23.0. The highest BCUT2D eigenvalue weighted by atomic mass is 32.1. The average Bonchev–Trinajstić information content (AvgIpc) is 2.78. The summed E-state index contributed by atoms with van der Waals surface area (Å²) in [6.45, 7) is 7.44. The standard InChI is InChI=1S/C18H24BNO5S/c1-17(2)18(3,4)25-19(24-17)13(11-26)9-12-7-5-6-8-14(12)16(23)20-10-15(21)22/h5-9,26H,10-11H2,1-4H3,(H,20,23)(H,21,22). The maximum atomic E-state index is 12.3. The zero-order valence-electron chi connectivity index (χ0n) is 15.4. The molecule has 1 heterocycles. The van der Waals surface area contributed by atoms with E-state index in [4.69, 9.17) is 14.4 Å². The Labute approximate surface area is 159 Å². The summed E-state index contributed by atoms with van der Waals surface area (Å²) < 4.78 is 12.1. The fourth-order valence-electron chi connectivity index (χ4n) is 2.46. The summed E-state index contributed by atoms with van der Waals surface area (Å²) in [6.07, 6.45) is 1.81. The zero-order chi connectivity index (χ0) is 19.5. The quantitative estimate of drug-likeness (QED) is 0.524. The van der Waals surface area contributed by atoms with E-state index < -0.39 is 36.7 Å². The maximum Gasteiger partial charge on any atom is 0.491 e. The van der Waals surface area contributed by atoms with Gasteiger partial charge in [0.15, 0.2) is 0 Å². The van der Waals surface area contributed by atoms with Gasteiger partial charge >= 0.3 is 13.1 Å². The Kier molecular flexibility index (Phi) is 6.21. The molecule has 1 aromatic carbocycles. The number of carboxylic acid groups (broad SMARTS) is 1. The number of aliphatic carboxylic acids is 1. The van der Waals surface area contributed by atoms with E-state index in [1.807, 2.05) is 33.8 Å². The van der Waals surface area contributed by atoms with E-state index >= 15 is 0 Å². The van der Waals surface area contributed by atoms with Crippen LogP contribution in [0.3, 0.4) is 0 Å². The summed E-state index contributed by atoms with van der Waals surface area (Å²) in [5.74, 6) is -1.16. The van der Waals surface area contributed by atoms with Crippen molar-refractivity contribution in [1.82, 2.24) is 5.32 Å². The number of thiol groups is 1. The van der Waals surface area contributed by atoms with Crippen molar-refractivity contribution >= 4 is 37.7 Å². The Balaban J connectivity index is 2.30. The van der Waals surface area contributed by atoms with E-state index in [1.54, 1.807) is 24.3 Å². The fraction of sp³-hybridized carbons (Fsp3) is 0.444. The molecule has 6 nitrogen and oxygen atoms in total. The molecule has 0 aliphatic carbocycles. The molecular formula is C18H24BNO5S. The summed E-state index contributed by atoms with van der Waals surface area (Å²) in [5.41, 5.74) is 0.861. The molecule has 1 aliphatic heterocycles. The molecular weight excluding hydrogens is 353 g/mol. The number of carboxylic acids is 1. The molecule has 1 aliphatic rings. The van der Waals surface area contributed by atoms with Crippen molar-refractivity contribution in [1.29, 1.82) is 0 Å². The van der Waals surface area contributed by atoms with Crippen LogP contribution in [0, 0.1) is 0 Å². The lowest BCUT2D eigenvalue weighted by Crippen LogP contribution is -2.41. The SMILES string of the molecule is CC1(C)OB(C(=Cc2ccccc2C(=O)NCC(=O)O)CS)OC1(C)C. The topological polar surface area (TPSA) is 84.9 Å². The number of rotatable bonds is 6. The highest BCUT2D eigenvalue weighted by Crippen LogP contribution is 2.39. The predicted molar refractivity (Wildman–Crippen MR) is 104 cm³/mol. The minimum atomic E-state index is -1.10. The molecule has 0 atom stereocenters. The molecule has 0 saturated carbocycles. The largest absolute Gasteiger partial charge is 0.491 e. The molecule has 0 unspecified atom stereocenters. The Morgan fingerprint density at radius 3 is 2.31 bits per heavy atom. The Morgan fingerprint density at radius 1 is 1.19 bits per heavy atom. The van der Waals surface area contributed by atoms with Gasteiger partial charge in [0.25, 0.3) is 5.91 Å². The molecule has 1 aromatic rings. The highest BCUT2D eigenvalue weighted by Gasteiger charge is 2.52. The smallest absolute Gasteiger partial charge is 0.480 e. The van der Waals surface area contributed by atoms with E-state index in [2.05, 4.69) is 17.9 Å². The number of hydrogen-bond acceptors (Lipinski definition) is 5. The van der Waals surface area contributed by atoms with Crippen LogP contribution in [0.15, 0.2) is 29.7 Å². The van der Waals surface area contributed by atoms with Crippen LogP contribution in [0.1, 0.15) is 43.6 Å². The van der Waals surface area contributed by atoms with Gasteiger partial charge in [-0.3, -0.25) is 9.59 Å². The Morgan fingerprint density at radius 2 is 1.77 bits per heavy atom. The van der Waals surface area contributed by atoms with Crippen LogP contribution >= 0.6 is 12.6 Å². The maximum absolute atomic E-state index is 12.3. The first kappa shape index (κ1) is 20.5. The number of carbonyl (C=O) groups excluding carboxylic acids is 1. The van der Waals surface area contributed by atoms with Crippen LogP contribution in [0.2, 0.25) is 0 Å². The van der Waals surface area contributed by atoms with Crippen LogP contribution in [-0.4, -0.2) is 47.6 Å². The molecule has 1 amide bonds. The summed E-state index contributed by atoms with van der Waals surface area (Å²) in [6, 6.07) is 6.95. The molecule has 0 radical (unpaired) electrons. The highest BCUT2D eigenvalue weighted by molar-refractivity contribution is 7.80. The van der Waals surface area contributed by atoms with Crippen LogP contribution < -0.4 is 5.32 Å². The third-order valence-corrected chi connectivity index (χ3v) is 5.05. The zero-order valence-corrected chi connectivity index (χ0v) is 16.3. The summed E-state index contributed by atoms with van der Waals surface area (Å²) >= 11 is 4.38. The van der Waals surface area contributed by atoms with Gasteiger partial charge in [-0.2, -0.15) is 12.6 Å². The second-order valence-corrected chi connectivity index (χ2v) is 7.45. The van der Waals surface area contributed by atoms with Gasteiger partial charge in [-0.15, -0.1) is 0 Å². The van der Waals surface area contributed by atoms with Crippen molar-refractivity contribution in [2.24, 2.45) is 0 Å². The number of hydrogen-bond donors (Lipinski definition) is 3. The van der Waals surface area contributed by atoms with Crippen molar-refractivity contribution in [2.45, 2.75) is 38.9 Å². The van der Waals surface area contributed by atoms with Crippen LogP contribution in [0.5, 0.6) is 0 Å². The van der Waals surface area contributed by atoms with Crippen LogP contribution in [0.25, 0.3) is 6.08 Å². The van der Waals surface area contributed by atoms with Crippen LogP contribution in [-0.2, 0) is 14.1 Å². The number of carbonyl (C=O) groups is 2. The van der Waals surface area contributed by atoms with Gasteiger partial charge in [0, 0.05) is 11.3 Å². The Hall–Kier alpha value is -1.77. The number of nitrogens with one attached hydrogen (secondary N) is 1. The minimum absolute atomic E-state index is 0.379. The van der Waals surface area contributed by atoms with Gasteiger partial charge in [-0.05, 0) is 44.8 Å². The van der Waals surface area contributed by atoms with Crippen molar-refractivity contribution in [2.75, 3.05) is 12.3 Å². The molecule has 26 heavy (non-hydrogen) atoms. The van der Waals surface area contributed by atoms with E-state index in [-0.39, 0.29) is 0 Å². The van der Waals surface area contributed by atoms with E-state index in [0.717, 1.165) is 5.47 Å². The number of benzene rings is 1. The van der Waals surface area contributed by atoms with Gasteiger partial charge < -0.3 is 19.7 Å². The van der Waals surface area contributed by atoms with E-state index in [0.29, 0.717) is 16.9 Å². The van der Waals surface area contributed by atoms with Crippen molar-refractivity contribution in [3.8, 4) is 0 Å². The fourth-order valence-corrected chi connectivity index (χ4v) is 2.70. The molecule has 140 valence electrons. The lowest BCUT2D eigenvalue weighted by Gasteiger charge is -2.32. The minimum Gasteiger partial charge on any atom is -0.480 e. The molecule has 2 N–H and O–H groups in total. The normalized spacial score (nSPS) is 18.7. The van der Waals surface area contributed by atoms with Crippen molar-refractivity contribution in [3.05, 3.63) is 40.9 Å². The molecule has 1 fully saturated rings. The molecule has 0 aromatic heterocycles. The molecule has 0 bridgehead atoms. The second kappa shape index (κ2) is 7.86. The monoisotopic (exact) mass is 377 g/mol. The Bertz CT molecular complexity index is 716. The van der Waals surface area contributed by atoms with Crippen LogP contribution in [0.4, 0.5) is 0 Å². The molecule has 0 spiro atoms. The summed E-state index contributed by atoms with van der Waals surface area (Å²) in [5, 5.41) is 11.1. The third kappa shape index (κ3) is 4.49. The lowest BCUT2D eigenvalue weighted by molar-refractivity contribution is -0.135. The van der Waals surface area contributed by atoms with E-state index in [9.17, 15) is 9.59 Å². The first-order chi connectivity index (χ1) is 12.1. The average molecular weight is 377 g/mol. The lowest BCUT2D eigenvalue weighted by atomic mass is 9.78. The third-order valence-electron chi connectivity index (χ3n) is 4.69. The van der Waals surface area contributed by atoms with Crippen molar-refractivity contribution in [3.63, 3.8) is 0 Å². The number of amides is 1. The van der Waals surface area contributed by atoms with Gasteiger partial charge in [-0.1, -0.05) is 24.3 Å². The molecule has 2 rings (SSSR count). The molecule has 1 saturated heterocycles. The first-order valence-electron chi connectivity index (χ1n) is 8.33. The van der Waals surface area contributed by atoms with E-state index in [1.165, 1.54) is 0 Å². The van der Waals surface area contributed by atoms with Crippen molar-refractivity contribution < 1.29 is 24.0 Å². The van der Waals surface area contributed by atoms with Gasteiger partial charge in [0.2, 0.25) is 0 Å². The first-order valence-corrected chi connectivity index (χ1v) is 8.96. The second-order valence-electron chi connectivity index (χ2n) is 7.13. The predicted octanol–water partition coefficient (Wildman–Crippen LogP) is 2.45. The molecule has 8 heteroatoms.